The predicted molar refractivity (Wildman–Crippen MR) is 129 cm³/mol. The molecule has 0 aliphatic carbocycles. The summed E-state index contributed by atoms with van der Waals surface area (Å²) in [7, 11) is 0. The molecule has 4 aromatic rings. The standard InChI is InChI=1S/C28H22N2O4/c1-4-13-32-21-10-11-23-22(15-21)26(19-7-5-18(6-8-19)17(2)3)30-28(29-23)27(31)20-9-12-24-25(14-20)34-16-33-24/h1,5-12,14-15,17H,13,16H2,2-3H3. The van der Waals surface area contributed by atoms with Crippen LogP contribution >= 0.6 is 0 Å². The number of rotatable bonds is 6. The van der Waals surface area contributed by atoms with E-state index in [-0.39, 0.29) is 25.0 Å². The maximum absolute atomic E-state index is 13.4. The number of carbonyl (C=O) groups excluding carboxylic acids is 1. The van der Waals surface area contributed by atoms with Crippen LogP contribution in [-0.2, 0) is 0 Å². The molecular weight excluding hydrogens is 428 g/mol. The zero-order chi connectivity index (χ0) is 23.7. The van der Waals surface area contributed by atoms with Gasteiger partial charge in [-0.15, -0.1) is 6.42 Å². The SMILES string of the molecule is C#CCOc1ccc2nc(C(=O)c3ccc4c(c3)OCO4)nc(-c3ccc(C(C)C)cc3)c2c1. The van der Waals surface area contributed by atoms with Crippen molar-refractivity contribution in [2.45, 2.75) is 19.8 Å². The Morgan fingerprint density at radius 2 is 1.82 bits per heavy atom. The van der Waals surface area contributed by atoms with E-state index in [4.69, 9.17) is 25.6 Å². The topological polar surface area (TPSA) is 70.5 Å². The highest BCUT2D eigenvalue weighted by atomic mass is 16.7. The highest BCUT2D eigenvalue weighted by molar-refractivity contribution is 6.08. The van der Waals surface area contributed by atoms with Crippen LogP contribution in [0.4, 0.5) is 0 Å². The smallest absolute Gasteiger partial charge is 0.231 e. The lowest BCUT2D eigenvalue weighted by molar-refractivity contribution is 0.102. The van der Waals surface area contributed by atoms with E-state index in [0.717, 1.165) is 10.9 Å². The molecule has 34 heavy (non-hydrogen) atoms. The van der Waals surface area contributed by atoms with Crippen LogP contribution in [0, 0.1) is 12.3 Å². The summed E-state index contributed by atoms with van der Waals surface area (Å²) >= 11 is 0. The molecular formula is C28H22N2O4. The predicted octanol–water partition coefficient (Wildman–Crippen LogP) is 5.39. The second kappa shape index (κ2) is 8.87. The molecule has 0 unspecified atom stereocenters. The van der Waals surface area contributed by atoms with Gasteiger partial charge in [0.2, 0.25) is 18.4 Å². The Morgan fingerprint density at radius 3 is 2.59 bits per heavy atom. The minimum absolute atomic E-state index is 0.103. The summed E-state index contributed by atoms with van der Waals surface area (Å²) in [6.45, 7) is 4.59. The number of terminal acetylenes is 1. The Balaban J connectivity index is 1.63. The molecule has 0 fully saturated rings. The molecule has 168 valence electrons. The summed E-state index contributed by atoms with van der Waals surface area (Å²) in [6, 6.07) is 18.7. The van der Waals surface area contributed by atoms with Crippen LogP contribution in [0.2, 0.25) is 0 Å². The van der Waals surface area contributed by atoms with Crippen LogP contribution < -0.4 is 14.2 Å². The molecule has 5 rings (SSSR count). The molecule has 6 heteroatoms. The van der Waals surface area contributed by atoms with Crippen LogP contribution in [0.25, 0.3) is 22.2 Å². The molecule has 2 heterocycles. The maximum atomic E-state index is 13.4. The van der Waals surface area contributed by atoms with Crippen molar-refractivity contribution in [3.8, 4) is 40.8 Å². The maximum Gasteiger partial charge on any atom is 0.231 e. The van der Waals surface area contributed by atoms with Crippen molar-refractivity contribution in [3.05, 3.63) is 77.6 Å². The summed E-state index contributed by atoms with van der Waals surface area (Å²) in [4.78, 5) is 22.6. The third-order valence-electron chi connectivity index (χ3n) is 5.68. The van der Waals surface area contributed by atoms with E-state index in [1.54, 1.807) is 24.3 Å². The van der Waals surface area contributed by atoms with Crippen molar-refractivity contribution >= 4 is 16.7 Å². The molecule has 1 aliphatic rings. The molecule has 0 bridgehead atoms. The van der Waals surface area contributed by atoms with Gasteiger partial charge < -0.3 is 14.2 Å². The zero-order valence-electron chi connectivity index (χ0n) is 18.9. The lowest BCUT2D eigenvalue weighted by Gasteiger charge is -2.12. The van der Waals surface area contributed by atoms with Crippen molar-refractivity contribution in [1.29, 1.82) is 0 Å². The monoisotopic (exact) mass is 450 g/mol. The number of aromatic nitrogens is 2. The van der Waals surface area contributed by atoms with Crippen molar-refractivity contribution < 1.29 is 19.0 Å². The average Bonchev–Trinajstić information content (AvgIpc) is 3.34. The first-order chi connectivity index (χ1) is 16.5. The lowest BCUT2D eigenvalue weighted by Crippen LogP contribution is -2.09. The van der Waals surface area contributed by atoms with Gasteiger partial charge >= 0.3 is 0 Å². The van der Waals surface area contributed by atoms with Gasteiger partial charge in [-0.25, -0.2) is 9.97 Å². The number of nitrogens with zero attached hydrogens (tertiary/aromatic N) is 2. The van der Waals surface area contributed by atoms with Crippen molar-refractivity contribution in [1.82, 2.24) is 9.97 Å². The number of ether oxygens (including phenoxy) is 3. The van der Waals surface area contributed by atoms with E-state index < -0.39 is 0 Å². The number of hydrogen-bond donors (Lipinski definition) is 0. The van der Waals surface area contributed by atoms with Crippen molar-refractivity contribution in [2.75, 3.05) is 13.4 Å². The fraction of sp³-hybridized carbons (Fsp3) is 0.179. The van der Waals surface area contributed by atoms with E-state index in [0.29, 0.717) is 39.9 Å². The summed E-state index contributed by atoms with van der Waals surface area (Å²) in [5.41, 5.74) is 3.81. The molecule has 0 N–H and O–H groups in total. The van der Waals surface area contributed by atoms with E-state index >= 15 is 0 Å². The molecule has 0 saturated carbocycles. The first-order valence-corrected chi connectivity index (χ1v) is 11.0. The summed E-state index contributed by atoms with van der Waals surface area (Å²) < 4.78 is 16.4. The van der Waals surface area contributed by atoms with E-state index in [2.05, 4.69) is 36.9 Å². The van der Waals surface area contributed by atoms with Crippen LogP contribution in [0.5, 0.6) is 17.2 Å². The van der Waals surface area contributed by atoms with Gasteiger partial charge in [-0.05, 0) is 47.9 Å². The summed E-state index contributed by atoms with van der Waals surface area (Å²) in [5, 5.41) is 0.772. The summed E-state index contributed by atoms with van der Waals surface area (Å²) in [5.74, 6) is 4.44. The van der Waals surface area contributed by atoms with Gasteiger partial charge in [0.05, 0.1) is 11.2 Å². The second-order valence-electron chi connectivity index (χ2n) is 8.24. The third kappa shape index (κ3) is 4.04. The fourth-order valence-corrected chi connectivity index (χ4v) is 3.84. The Kier molecular flexibility index (Phi) is 5.60. The van der Waals surface area contributed by atoms with Gasteiger partial charge in [-0.2, -0.15) is 0 Å². The quantitative estimate of drug-likeness (QED) is 0.290. The molecule has 6 nitrogen and oxygen atoms in total. The van der Waals surface area contributed by atoms with Gasteiger partial charge in [-0.3, -0.25) is 4.79 Å². The van der Waals surface area contributed by atoms with Gasteiger partial charge in [0.25, 0.3) is 0 Å². The van der Waals surface area contributed by atoms with Gasteiger partial charge in [-0.1, -0.05) is 44.0 Å². The zero-order valence-corrected chi connectivity index (χ0v) is 18.9. The molecule has 3 aromatic carbocycles. The van der Waals surface area contributed by atoms with Gasteiger partial charge in [0, 0.05) is 16.5 Å². The fourth-order valence-electron chi connectivity index (χ4n) is 3.84. The number of ketones is 1. The Labute approximate surface area is 197 Å². The minimum atomic E-state index is -0.298. The number of carbonyl (C=O) groups is 1. The van der Waals surface area contributed by atoms with Gasteiger partial charge in [0.15, 0.2) is 11.5 Å². The first kappa shape index (κ1) is 21.5. The minimum Gasteiger partial charge on any atom is -0.481 e. The highest BCUT2D eigenvalue weighted by Crippen LogP contribution is 2.34. The molecule has 0 radical (unpaired) electrons. The van der Waals surface area contributed by atoms with Crippen LogP contribution in [0.1, 0.15) is 41.5 Å². The molecule has 0 spiro atoms. The second-order valence-corrected chi connectivity index (χ2v) is 8.24. The normalized spacial score (nSPS) is 12.1. The number of hydrogen-bond acceptors (Lipinski definition) is 6. The number of fused-ring (bicyclic) bond motifs is 2. The van der Waals surface area contributed by atoms with Gasteiger partial charge in [0.1, 0.15) is 12.4 Å². The lowest BCUT2D eigenvalue weighted by atomic mass is 9.99. The Hall–Kier alpha value is -4.37. The largest absolute Gasteiger partial charge is 0.481 e. The van der Waals surface area contributed by atoms with E-state index in [1.165, 1.54) is 5.56 Å². The highest BCUT2D eigenvalue weighted by Gasteiger charge is 2.21. The Morgan fingerprint density at radius 1 is 1.03 bits per heavy atom. The molecule has 1 aliphatic heterocycles. The molecule has 0 atom stereocenters. The van der Waals surface area contributed by atoms with E-state index in [1.807, 2.05) is 24.3 Å². The van der Waals surface area contributed by atoms with Crippen LogP contribution in [0.15, 0.2) is 60.7 Å². The molecule has 0 saturated heterocycles. The first-order valence-electron chi connectivity index (χ1n) is 11.0. The van der Waals surface area contributed by atoms with Crippen LogP contribution in [-0.4, -0.2) is 29.2 Å². The third-order valence-corrected chi connectivity index (χ3v) is 5.68. The molecule has 1 aromatic heterocycles. The molecule has 0 amide bonds. The van der Waals surface area contributed by atoms with Crippen LogP contribution in [0.3, 0.4) is 0 Å². The van der Waals surface area contributed by atoms with Crippen molar-refractivity contribution in [2.24, 2.45) is 0 Å². The van der Waals surface area contributed by atoms with Crippen molar-refractivity contribution in [3.63, 3.8) is 0 Å². The number of benzene rings is 3. The Bertz CT molecular complexity index is 1440. The summed E-state index contributed by atoms with van der Waals surface area (Å²) in [6.07, 6.45) is 5.34. The average molecular weight is 450 g/mol. The van der Waals surface area contributed by atoms with E-state index in [9.17, 15) is 4.79 Å².